The number of hydrogen-bond acceptors (Lipinski definition) is 20. The largest absolute Gasteiger partial charge is 0.481 e. The molecule has 0 aliphatic carbocycles. The molecule has 30 nitrogen and oxygen atoms in total. The van der Waals surface area contributed by atoms with E-state index >= 15 is 0 Å². The zero-order valence-electron chi connectivity index (χ0n) is 54.9. The normalized spacial score (nSPS) is 14.1. The molecule has 0 aliphatic rings. The third kappa shape index (κ3) is 42.1. The topological polar surface area (TPSA) is 486 Å². The summed E-state index contributed by atoms with van der Waals surface area (Å²) < 4.78 is 0. The van der Waals surface area contributed by atoms with Crippen LogP contribution in [0.15, 0.2) is 12.2 Å². The average Bonchev–Trinajstić information content (AvgIpc) is 0.932. The molecule has 2 unspecified atom stereocenters. The third-order valence-electron chi connectivity index (χ3n) is 15.2. The maximum Gasteiger partial charge on any atom is 0.326 e. The molecule has 0 aromatic heterocycles. The Morgan fingerprint density at radius 1 is 0.505 bits per heavy atom. The van der Waals surface area contributed by atoms with Crippen molar-refractivity contribution in [2.24, 2.45) is 11.7 Å². The van der Waals surface area contributed by atoms with Crippen LogP contribution in [0.5, 0.6) is 0 Å². The molecule has 0 rings (SSSR count). The number of carboxylic acids is 4. The van der Waals surface area contributed by atoms with Crippen LogP contribution >= 0.6 is 11.8 Å². The van der Waals surface area contributed by atoms with E-state index in [2.05, 4.69) is 60.0 Å². The van der Waals surface area contributed by atoms with Crippen LogP contribution in [0.2, 0.25) is 0 Å². The SMILES string of the molecule is C=C(C(=O)[C@H](CCC(N)=O)NC(=O)C(CCCCNC(=O)CCCCCCCCCCCCCCC(=O)NC(CC(C)C)C(=O)O)NN[C@H](C=O)CO)[C@H](CCSC)NC(=O)[C@H](CCC(=O)O)NC(=O)[C@H](CCC(=O)O)NC(=O)[C@H](CCC(=O)O)NCC(=O)[C@H](C)NC. The average molecular weight is 1340 g/mol. The molecule has 0 saturated heterocycles. The summed E-state index contributed by atoms with van der Waals surface area (Å²) in [6.45, 7) is 8.54. The van der Waals surface area contributed by atoms with Crippen molar-refractivity contribution in [2.75, 3.05) is 38.8 Å². The summed E-state index contributed by atoms with van der Waals surface area (Å²) in [5, 5.41) is 68.3. The summed E-state index contributed by atoms with van der Waals surface area (Å²) in [6, 6.07) is -11.4. The number of hydrazine groups is 1. The minimum atomic E-state index is -1.71. The van der Waals surface area contributed by atoms with Crippen molar-refractivity contribution in [3.63, 3.8) is 0 Å². The number of hydrogen-bond donors (Lipinski definition) is 16. The van der Waals surface area contributed by atoms with Gasteiger partial charge < -0.3 is 73.3 Å². The van der Waals surface area contributed by atoms with Crippen molar-refractivity contribution in [2.45, 2.75) is 249 Å². The second-order valence-electron chi connectivity index (χ2n) is 23.6. The lowest BCUT2D eigenvalue weighted by atomic mass is 9.93. The van der Waals surface area contributed by atoms with E-state index in [9.17, 15) is 92.7 Å². The van der Waals surface area contributed by atoms with Gasteiger partial charge in [-0.3, -0.25) is 62.9 Å². The summed E-state index contributed by atoms with van der Waals surface area (Å²) >= 11 is 1.30. The molecule has 0 saturated carbocycles. The molecular formula is C62H107N11O19S. The monoisotopic (exact) mass is 1340 g/mol. The predicted molar refractivity (Wildman–Crippen MR) is 347 cm³/mol. The van der Waals surface area contributed by atoms with Gasteiger partial charge in [-0.15, -0.1) is 0 Å². The summed E-state index contributed by atoms with van der Waals surface area (Å²) in [5.74, 6) is -11.1. The van der Waals surface area contributed by atoms with Crippen LogP contribution in [-0.2, 0) is 67.1 Å². The Labute approximate surface area is 549 Å². The molecule has 9 atom stereocenters. The Hall–Kier alpha value is -6.93. The molecule has 0 heterocycles. The first-order valence-corrected chi connectivity index (χ1v) is 33.7. The van der Waals surface area contributed by atoms with Gasteiger partial charge in [0.05, 0.1) is 49.4 Å². The smallest absolute Gasteiger partial charge is 0.326 e. The van der Waals surface area contributed by atoms with Crippen molar-refractivity contribution in [3.05, 3.63) is 12.2 Å². The molecule has 0 bridgehead atoms. The maximum atomic E-state index is 14.5. The lowest BCUT2D eigenvalue weighted by Gasteiger charge is -2.28. The zero-order valence-corrected chi connectivity index (χ0v) is 55.7. The predicted octanol–water partition coefficient (Wildman–Crippen LogP) is 1.19. The minimum Gasteiger partial charge on any atom is -0.481 e. The van der Waals surface area contributed by atoms with Crippen LogP contribution in [0.4, 0.5) is 0 Å². The molecule has 0 aromatic rings. The minimum absolute atomic E-state index is 0.000622. The fraction of sp³-hybridized carbons (Fsp3) is 0.742. The van der Waals surface area contributed by atoms with Crippen LogP contribution < -0.4 is 59.1 Å². The summed E-state index contributed by atoms with van der Waals surface area (Å²) in [5.41, 5.74) is 10.5. The summed E-state index contributed by atoms with van der Waals surface area (Å²) in [4.78, 5) is 178. The van der Waals surface area contributed by atoms with Gasteiger partial charge in [-0.05, 0) is 103 Å². The Bertz CT molecular complexity index is 2390. The number of thioether (sulfide) groups is 1. The molecule has 0 aromatic carbocycles. The van der Waals surface area contributed by atoms with Crippen molar-refractivity contribution in [1.82, 2.24) is 53.4 Å². The number of carbonyl (C=O) groups is 14. The van der Waals surface area contributed by atoms with Gasteiger partial charge in [0.1, 0.15) is 24.4 Å². The summed E-state index contributed by atoms with van der Waals surface area (Å²) in [6.07, 6.45) is 11.6. The van der Waals surface area contributed by atoms with E-state index in [1.807, 2.05) is 13.8 Å². The summed E-state index contributed by atoms with van der Waals surface area (Å²) in [7, 11) is 1.52. The molecule has 0 aliphatic heterocycles. The van der Waals surface area contributed by atoms with E-state index in [4.69, 9.17) is 5.73 Å². The number of likely N-dealkylation sites (N-methyl/N-ethyl adjacent to an activating group) is 1. The number of rotatable bonds is 60. The van der Waals surface area contributed by atoms with Gasteiger partial charge in [-0.25, -0.2) is 15.6 Å². The van der Waals surface area contributed by atoms with Crippen LogP contribution in [0.3, 0.4) is 0 Å². The van der Waals surface area contributed by atoms with Gasteiger partial charge >= 0.3 is 23.9 Å². The van der Waals surface area contributed by atoms with Gasteiger partial charge in [0.15, 0.2) is 11.6 Å². The fourth-order valence-electron chi connectivity index (χ4n) is 9.50. The molecule has 7 amide bonds. The van der Waals surface area contributed by atoms with E-state index in [-0.39, 0.29) is 61.3 Å². The highest BCUT2D eigenvalue weighted by Gasteiger charge is 2.35. The molecule has 530 valence electrons. The van der Waals surface area contributed by atoms with Crippen LogP contribution in [0.25, 0.3) is 0 Å². The highest BCUT2D eigenvalue weighted by atomic mass is 32.2. The first kappa shape index (κ1) is 86.1. The van der Waals surface area contributed by atoms with Gasteiger partial charge in [0, 0.05) is 50.6 Å². The van der Waals surface area contributed by atoms with E-state index in [0.29, 0.717) is 44.8 Å². The number of aliphatic carboxylic acids is 4. The molecule has 0 radical (unpaired) electrons. The van der Waals surface area contributed by atoms with E-state index in [1.54, 1.807) is 13.2 Å². The van der Waals surface area contributed by atoms with Gasteiger partial charge in [-0.1, -0.05) is 84.6 Å². The first-order valence-electron chi connectivity index (χ1n) is 32.3. The highest BCUT2D eigenvalue weighted by molar-refractivity contribution is 7.98. The number of unbranched alkanes of at least 4 members (excludes halogenated alkanes) is 12. The number of amides is 7. The molecule has 17 N–H and O–H groups in total. The van der Waals surface area contributed by atoms with E-state index in [0.717, 1.165) is 70.6 Å². The zero-order chi connectivity index (χ0) is 70.3. The Morgan fingerprint density at radius 3 is 1.41 bits per heavy atom. The molecule has 0 fully saturated rings. The van der Waals surface area contributed by atoms with Crippen molar-refractivity contribution < 1.29 is 92.7 Å². The standard InChI is InChI=1S/C62H107N11O19S/c1-39(2)35-49(62(91)92)67-53(79)23-18-16-14-12-10-8-7-9-11-13-15-17-22-52(78)65-33-20-19-21-48(73-72-42(37-74)38-75)61(90)69-44(24-28-51(63)77)57(86)40(3)43(32-34-93-6)68-59(88)46(26-30-55(82)83)71-60(89)47(27-31-56(84)85)70-58(87)45(25-29-54(80)81)66-36-50(76)41(4)64-5/h37,39,41-49,64,66,72-73,75H,3,7-36,38H2,1-2,4-6H3,(H2,63,77)(H,65,78)(H,67,79)(H,68,88)(H,69,90)(H,70,87)(H,71,89)(H,80,81)(H,82,83)(H,84,85)(H,91,92)/t41-,42+,43-,44-,45-,46-,47-,48?,49?/m0/s1. The number of nitrogens with one attached hydrogen (secondary N) is 10. The highest BCUT2D eigenvalue weighted by Crippen LogP contribution is 2.18. The second-order valence-corrected chi connectivity index (χ2v) is 24.6. The van der Waals surface area contributed by atoms with Crippen LogP contribution in [0.1, 0.15) is 194 Å². The number of aldehydes is 1. The first-order chi connectivity index (χ1) is 44.1. The second kappa shape index (κ2) is 51.5. The Morgan fingerprint density at radius 2 is 0.957 bits per heavy atom. The number of aliphatic hydroxyl groups is 1. The number of primary amides is 1. The lowest BCUT2D eigenvalue weighted by molar-refractivity contribution is -0.142. The van der Waals surface area contributed by atoms with Gasteiger partial charge in [0.25, 0.3) is 0 Å². The number of ketones is 2. The lowest BCUT2D eigenvalue weighted by Crippen LogP contribution is -2.58. The van der Waals surface area contributed by atoms with Crippen LogP contribution in [-0.4, -0.2) is 202 Å². The van der Waals surface area contributed by atoms with Gasteiger partial charge in [-0.2, -0.15) is 11.8 Å². The quantitative estimate of drug-likeness (QED) is 0.0176. The van der Waals surface area contributed by atoms with E-state index in [1.165, 1.54) is 18.8 Å². The number of nitrogens with two attached hydrogens (primary N) is 1. The molecular weight excluding hydrogens is 1230 g/mol. The maximum absolute atomic E-state index is 14.5. The van der Waals surface area contributed by atoms with Crippen LogP contribution in [0, 0.1) is 5.92 Å². The van der Waals surface area contributed by atoms with Crippen molar-refractivity contribution in [3.8, 4) is 0 Å². The molecule has 0 spiro atoms. The Kier molecular flexibility index (Phi) is 47.6. The van der Waals surface area contributed by atoms with Crippen molar-refractivity contribution in [1.29, 1.82) is 0 Å². The van der Waals surface area contributed by atoms with Gasteiger partial charge in [0.2, 0.25) is 41.4 Å². The third-order valence-corrected chi connectivity index (χ3v) is 15.8. The Balaban J connectivity index is 5.88. The fourth-order valence-corrected chi connectivity index (χ4v) is 9.97. The molecule has 93 heavy (non-hydrogen) atoms. The van der Waals surface area contributed by atoms with E-state index < -0.39 is 171 Å². The molecule has 31 heteroatoms. The number of carbonyl (C=O) groups excluding carboxylic acids is 10. The number of carboxylic acid groups (broad SMARTS) is 4. The number of Topliss-reactive ketones (excluding diaryl/α,β-unsaturated/α-hetero) is 2. The number of aliphatic hydroxyl groups excluding tert-OH is 1. The van der Waals surface area contributed by atoms with Crippen molar-refractivity contribution >= 4 is 94.8 Å².